The largest absolute Gasteiger partial charge is 0.494 e. The van der Waals surface area contributed by atoms with Crippen LogP contribution >= 0.6 is 11.6 Å². The molecule has 0 aromatic heterocycles. The third-order valence-corrected chi connectivity index (χ3v) is 4.60. The van der Waals surface area contributed by atoms with Crippen LogP contribution in [0.15, 0.2) is 18.2 Å². The van der Waals surface area contributed by atoms with Gasteiger partial charge >= 0.3 is 0 Å². The summed E-state index contributed by atoms with van der Waals surface area (Å²) in [7, 11) is 1.47. The van der Waals surface area contributed by atoms with Crippen molar-refractivity contribution in [2.75, 3.05) is 7.11 Å². The molecule has 94 valence electrons. The van der Waals surface area contributed by atoms with Gasteiger partial charge in [-0.05, 0) is 36.0 Å². The molecule has 0 bridgehead atoms. The van der Waals surface area contributed by atoms with E-state index in [1.54, 1.807) is 6.07 Å². The Kier molecular flexibility index (Phi) is 3.62. The molecule has 3 heteroatoms. The van der Waals surface area contributed by atoms with Crippen molar-refractivity contribution in [1.82, 2.24) is 0 Å². The zero-order chi connectivity index (χ0) is 12.5. The molecule has 1 nitrogen and oxygen atoms in total. The third kappa shape index (κ3) is 2.42. The van der Waals surface area contributed by atoms with Crippen LogP contribution in [-0.4, -0.2) is 7.11 Å². The molecule has 1 saturated carbocycles. The fourth-order valence-electron chi connectivity index (χ4n) is 2.68. The van der Waals surface area contributed by atoms with Gasteiger partial charge in [0.1, 0.15) is 0 Å². The molecule has 0 aliphatic heterocycles. The Morgan fingerprint density at radius 3 is 2.53 bits per heavy atom. The standard InChI is InChI=1S/C14H18ClFO/c1-14(7-3-4-8-14)13(15)10-5-6-12(17-2)11(16)9-10/h5-6,9,13H,3-4,7-8H2,1-2H3. The summed E-state index contributed by atoms with van der Waals surface area (Å²) in [6.45, 7) is 2.19. The van der Waals surface area contributed by atoms with Crippen molar-refractivity contribution < 1.29 is 9.13 Å². The maximum atomic E-state index is 13.6. The lowest BCUT2D eigenvalue weighted by Gasteiger charge is -2.29. The van der Waals surface area contributed by atoms with Crippen LogP contribution in [0.4, 0.5) is 4.39 Å². The normalized spacial score (nSPS) is 20.2. The fraction of sp³-hybridized carbons (Fsp3) is 0.571. The van der Waals surface area contributed by atoms with Crippen LogP contribution in [0.2, 0.25) is 0 Å². The number of hydrogen-bond acceptors (Lipinski definition) is 1. The maximum Gasteiger partial charge on any atom is 0.165 e. The molecule has 1 aromatic carbocycles. The summed E-state index contributed by atoms with van der Waals surface area (Å²) in [4.78, 5) is 0. The molecular weight excluding hydrogens is 239 g/mol. The van der Waals surface area contributed by atoms with E-state index in [0.29, 0.717) is 0 Å². The predicted octanol–water partition coefficient (Wildman–Crippen LogP) is 4.69. The first-order chi connectivity index (χ1) is 8.07. The monoisotopic (exact) mass is 256 g/mol. The molecule has 0 radical (unpaired) electrons. The Morgan fingerprint density at radius 1 is 1.35 bits per heavy atom. The van der Waals surface area contributed by atoms with E-state index in [1.165, 1.54) is 26.0 Å². The minimum atomic E-state index is -0.336. The van der Waals surface area contributed by atoms with Crippen molar-refractivity contribution in [3.05, 3.63) is 29.6 Å². The summed E-state index contributed by atoms with van der Waals surface area (Å²) in [6.07, 6.45) is 4.68. The van der Waals surface area contributed by atoms with Gasteiger partial charge in [0.2, 0.25) is 0 Å². The van der Waals surface area contributed by atoms with E-state index in [0.717, 1.165) is 18.4 Å². The van der Waals surface area contributed by atoms with Gasteiger partial charge < -0.3 is 4.74 Å². The Morgan fingerprint density at radius 2 is 2.00 bits per heavy atom. The van der Waals surface area contributed by atoms with E-state index >= 15 is 0 Å². The molecule has 0 saturated heterocycles. The summed E-state index contributed by atoms with van der Waals surface area (Å²) < 4.78 is 18.6. The minimum absolute atomic E-state index is 0.0998. The van der Waals surface area contributed by atoms with Gasteiger partial charge in [-0.1, -0.05) is 25.8 Å². The molecule has 1 aliphatic carbocycles. The van der Waals surface area contributed by atoms with Crippen LogP contribution in [-0.2, 0) is 0 Å². The number of alkyl halides is 1. The zero-order valence-corrected chi connectivity index (χ0v) is 11.1. The lowest BCUT2D eigenvalue weighted by Crippen LogP contribution is -2.18. The molecule has 1 fully saturated rings. The van der Waals surface area contributed by atoms with Crippen LogP contribution < -0.4 is 4.74 Å². The molecule has 1 aliphatic rings. The second-order valence-electron chi connectivity index (χ2n) is 5.12. The molecule has 0 amide bonds. The van der Waals surface area contributed by atoms with Gasteiger partial charge in [-0.15, -0.1) is 11.6 Å². The predicted molar refractivity (Wildman–Crippen MR) is 68.1 cm³/mol. The van der Waals surface area contributed by atoms with E-state index in [-0.39, 0.29) is 22.4 Å². The molecular formula is C14H18ClFO. The van der Waals surface area contributed by atoms with Gasteiger partial charge in [0.25, 0.3) is 0 Å². The number of hydrogen-bond donors (Lipinski definition) is 0. The smallest absolute Gasteiger partial charge is 0.165 e. The Hall–Kier alpha value is -0.760. The average Bonchev–Trinajstić information content (AvgIpc) is 2.76. The van der Waals surface area contributed by atoms with Gasteiger partial charge in [-0.2, -0.15) is 0 Å². The zero-order valence-electron chi connectivity index (χ0n) is 10.3. The second-order valence-corrected chi connectivity index (χ2v) is 5.55. The SMILES string of the molecule is COc1ccc(C(Cl)C2(C)CCCC2)cc1F. The van der Waals surface area contributed by atoms with Gasteiger partial charge in [0, 0.05) is 0 Å². The summed E-state index contributed by atoms with van der Waals surface area (Å²) in [6, 6.07) is 5.02. The quantitative estimate of drug-likeness (QED) is 0.713. The molecule has 1 aromatic rings. The number of rotatable bonds is 3. The highest BCUT2D eigenvalue weighted by Crippen LogP contribution is 2.50. The lowest BCUT2D eigenvalue weighted by molar-refractivity contribution is 0.320. The molecule has 17 heavy (non-hydrogen) atoms. The van der Waals surface area contributed by atoms with Gasteiger partial charge in [-0.25, -0.2) is 4.39 Å². The van der Waals surface area contributed by atoms with Crippen molar-refractivity contribution in [2.24, 2.45) is 5.41 Å². The summed E-state index contributed by atoms with van der Waals surface area (Å²) in [5.41, 5.74) is 0.956. The van der Waals surface area contributed by atoms with Gasteiger partial charge in [-0.3, -0.25) is 0 Å². The average molecular weight is 257 g/mol. The Labute approximate surface area is 107 Å². The number of benzene rings is 1. The van der Waals surface area contributed by atoms with Crippen molar-refractivity contribution in [2.45, 2.75) is 38.0 Å². The van der Waals surface area contributed by atoms with Crippen LogP contribution in [0.3, 0.4) is 0 Å². The van der Waals surface area contributed by atoms with E-state index in [2.05, 4.69) is 6.92 Å². The Bertz CT molecular complexity index is 399. The minimum Gasteiger partial charge on any atom is -0.494 e. The third-order valence-electron chi connectivity index (χ3n) is 3.83. The van der Waals surface area contributed by atoms with E-state index in [1.807, 2.05) is 6.07 Å². The fourth-order valence-corrected chi connectivity index (χ4v) is 3.03. The first-order valence-corrected chi connectivity index (χ1v) is 6.48. The highest BCUT2D eigenvalue weighted by molar-refractivity contribution is 6.21. The number of ether oxygens (including phenoxy) is 1. The molecule has 0 spiro atoms. The van der Waals surface area contributed by atoms with E-state index in [4.69, 9.17) is 16.3 Å². The topological polar surface area (TPSA) is 9.23 Å². The highest BCUT2D eigenvalue weighted by atomic mass is 35.5. The summed E-state index contributed by atoms with van der Waals surface area (Å²) in [5, 5.41) is -0.120. The van der Waals surface area contributed by atoms with Crippen molar-refractivity contribution in [3.8, 4) is 5.75 Å². The van der Waals surface area contributed by atoms with Crippen LogP contribution in [0.1, 0.15) is 43.5 Å². The van der Waals surface area contributed by atoms with Crippen LogP contribution in [0.25, 0.3) is 0 Å². The number of methoxy groups -OCH3 is 1. The summed E-state index contributed by atoms with van der Waals surface area (Å²) in [5.74, 6) is -0.0635. The maximum absolute atomic E-state index is 13.6. The summed E-state index contributed by atoms with van der Waals surface area (Å²) >= 11 is 6.51. The van der Waals surface area contributed by atoms with E-state index in [9.17, 15) is 4.39 Å². The van der Waals surface area contributed by atoms with E-state index < -0.39 is 0 Å². The van der Waals surface area contributed by atoms with Gasteiger partial charge in [0.05, 0.1) is 12.5 Å². The number of halogens is 2. The molecule has 1 unspecified atom stereocenters. The highest BCUT2D eigenvalue weighted by Gasteiger charge is 2.36. The second kappa shape index (κ2) is 4.85. The Balaban J connectivity index is 2.25. The van der Waals surface area contributed by atoms with Crippen molar-refractivity contribution in [3.63, 3.8) is 0 Å². The molecule has 0 heterocycles. The van der Waals surface area contributed by atoms with Crippen LogP contribution in [0, 0.1) is 11.2 Å². The molecule has 0 N–H and O–H groups in total. The van der Waals surface area contributed by atoms with Gasteiger partial charge in [0.15, 0.2) is 11.6 Å². The molecule has 2 rings (SSSR count). The molecule has 1 atom stereocenters. The first-order valence-electron chi connectivity index (χ1n) is 6.04. The lowest BCUT2D eigenvalue weighted by atomic mass is 9.81. The first kappa shape index (κ1) is 12.7. The van der Waals surface area contributed by atoms with Crippen molar-refractivity contribution >= 4 is 11.6 Å². The van der Waals surface area contributed by atoms with Crippen molar-refractivity contribution in [1.29, 1.82) is 0 Å². The van der Waals surface area contributed by atoms with Crippen LogP contribution in [0.5, 0.6) is 5.75 Å².